The maximum absolute atomic E-state index is 6.10. The second kappa shape index (κ2) is 16.4. The molecule has 3 aromatic rings. The van der Waals surface area contributed by atoms with Crippen LogP contribution >= 0.6 is 0 Å². The molecule has 3 aliphatic rings. The Morgan fingerprint density at radius 2 is 1.82 bits per heavy atom. The van der Waals surface area contributed by atoms with E-state index < -0.39 is 0 Å². The van der Waals surface area contributed by atoms with Crippen LogP contribution in [-0.4, -0.2) is 86.7 Å². The van der Waals surface area contributed by atoms with Crippen molar-refractivity contribution in [3.8, 4) is 11.5 Å². The van der Waals surface area contributed by atoms with Crippen LogP contribution in [0.1, 0.15) is 52.1 Å². The maximum Gasteiger partial charge on any atom is 0.146 e. The first-order valence-corrected chi connectivity index (χ1v) is 16.1. The highest BCUT2D eigenvalue weighted by atomic mass is 16.5. The van der Waals surface area contributed by atoms with Crippen LogP contribution in [0.15, 0.2) is 42.4 Å². The number of allylic oxidation sites excluding steroid dienone is 2. The van der Waals surface area contributed by atoms with Gasteiger partial charge >= 0.3 is 0 Å². The summed E-state index contributed by atoms with van der Waals surface area (Å²) in [5.74, 6) is 2.10. The van der Waals surface area contributed by atoms with Crippen molar-refractivity contribution in [2.45, 2.75) is 53.4 Å². The normalized spacial score (nSPS) is 19.1. The lowest BCUT2D eigenvalue weighted by atomic mass is 9.77. The Bertz CT molecular complexity index is 1490. The quantitative estimate of drug-likeness (QED) is 0.252. The summed E-state index contributed by atoms with van der Waals surface area (Å²) in [7, 11) is 3.25. The largest absolute Gasteiger partial charge is 0.494 e. The SMILES string of the molecule is C=c1c(Oc2cnc3[nH]c(C)cc3c2)ccn/c1=C/C(=C\C)OCCCN1CCC2(CC1)COC2.CCC1(C)COC1.COC. The van der Waals surface area contributed by atoms with Crippen molar-refractivity contribution in [1.82, 2.24) is 19.9 Å². The molecule has 0 atom stereocenters. The molecule has 6 heterocycles. The highest BCUT2D eigenvalue weighted by molar-refractivity contribution is 5.77. The van der Waals surface area contributed by atoms with Gasteiger partial charge in [-0.15, -0.1) is 0 Å². The molecule has 3 aromatic heterocycles. The number of piperidine rings is 1. The molecular formula is C36H52N4O5. The molecule has 3 aliphatic heterocycles. The second-order valence-corrected chi connectivity index (χ2v) is 12.8. The fourth-order valence-electron chi connectivity index (χ4n) is 5.43. The molecule has 246 valence electrons. The van der Waals surface area contributed by atoms with Gasteiger partial charge in [-0.2, -0.15) is 0 Å². The first-order valence-electron chi connectivity index (χ1n) is 16.1. The lowest BCUT2D eigenvalue weighted by Gasteiger charge is -2.47. The van der Waals surface area contributed by atoms with Gasteiger partial charge in [-0.25, -0.2) is 4.98 Å². The van der Waals surface area contributed by atoms with Crippen LogP contribution in [0.4, 0.5) is 0 Å². The number of likely N-dealkylation sites (tertiary alicyclic amines) is 1. The van der Waals surface area contributed by atoms with Crippen molar-refractivity contribution in [1.29, 1.82) is 0 Å². The number of rotatable bonds is 9. The molecule has 1 spiro atoms. The summed E-state index contributed by atoms with van der Waals surface area (Å²) in [6.07, 6.45) is 12.1. The zero-order chi connectivity index (χ0) is 32.3. The number of aryl methyl sites for hydroxylation is 1. The van der Waals surface area contributed by atoms with Crippen LogP contribution in [0.2, 0.25) is 0 Å². The van der Waals surface area contributed by atoms with Crippen LogP contribution in [0.3, 0.4) is 0 Å². The van der Waals surface area contributed by atoms with E-state index in [0.717, 1.165) is 67.2 Å². The van der Waals surface area contributed by atoms with E-state index in [1.165, 1.54) is 32.4 Å². The van der Waals surface area contributed by atoms with Crippen molar-refractivity contribution < 1.29 is 23.7 Å². The van der Waals surface area contributed by atoms with E-state index in [9.17, 15) is 0 Å². The molecule has 0 bridgehead atoms. The van der Waals surface area contributed by atoms with Crippen LogP contribution in [0, 0.1) is 17.8 Å². The van der Waals surface area contributed by atoms with Crippen molar-refractivity contribution >= 4 is 23.7 Å². The highest BCUT2D eigenvalue weighted by Gasteiger charge is 2.40. The Hall–Kier alpha value is -3.24. The smallest absolute Gasteiger partial charge is 0.146 e. The summed E-state index contributed by atoms with van der Waals surface area (Å²) in [5, 5.41) is 2.45. The van der Waals surface area contributed by atoms with E-state index in [1.54, 1.807) is 26.6 Å². The van der Waals surface area contributed by atoms with Crippen molar-refractivity contribution in [2.75, 3.05) is 66.9 Å². The van der Waals surface area contributed by atoms with Crippen LogP contribution in [0.25, 0.3) is 23.7 Å². The number of ether oxygens (including phenoxy) is 5. The number of H-pyrrole nitrogens is 1. The van der Waals surface area contributed by atoms with Gasteiger partial charge in [0, 0.05) is 60.2 Å². The summed E-state index contributed by atoms with van der Waals surface area (Å²) >= 11 is 0. The van der Waals surface area contributed by atoms with E-state index in [0.29, 0.717) is 34.2 Å². The summed E-state index contributed by atoms with van der Waals surface area (Å²) in [6.45, 7) is 20.6. The molecule has 0 aromatic carbocycles. The predicted octanol–water partition coefficient (Wildman–Crippen LogP) is 5.37. The zero-order valence-electron chi connectivity index (χ0n) is 28.1. The van der Waals surface area contributed by atoms with Gasteiger partial charge in [-0.1, -0.05) is 20.4 Å². The summed E-state index contributed by atoms with van der Waals surface area (Å²) in [6, 6.07) is 5.84. The average Bonchev–Trinajstić information content (AvgIpc) is 3.38. The van der Waals surface area contributed by atoms with Gasteiger partial charge in [0.05, 0.1) is 44.6 Å². The standard InChI is InChI=1S/C28H34N4O3.C6H12O.C2H6O/c1-4-23(34-13-5-10-32-11-7-28(8-12-32)18-33-19-28)16-25-21(3)26(6-9-29-25)35-24-15-22-14-20(2)31-27(22)30-17-24;1-3-6(2)4-7-5-6;1-3-2/h4,6,9,14-17H,3,5,7-8,10-13,18-19H2,1-2H3,(H,30,31);3-5H2,1-2H3;1-2H3/b23-4+,25-16+;;. The lowest BCUT2D eigenvalue weighted by Crippen LogP contribution is -2.51. The number of fused-ring (bicyclic) bond motifs is 1. The predicted molar refractivity (Wildman–Crippen MR) is 180 cm³/mol. The Morgan fingerprint density at radius 1 is 1.11 bits per heavy atom. The molecule has 3 saturated heterocycles. The van der Waals surface area contributed by atoms with Gasteiger partial charge in [-0.3, -0.25) is 4.98 Å². The Balaban J connectivity index is 0.000000397. The first kappa shape index (κ1) is 34.6. The molecular weight excluding hydrogens is 568 g/mol. The van der Waals surface area contributed by atoms with Crippen LogP contribution < -0.4 is 15.3 Å². The number of methoxy groups -OCH3 is 1. The lowest BCUT2D eigenvalue weighted by molar-refractivity contribution is -0.139. The molecule has 0 unspecified atom stereocenters. The fraction of sp³-hybridized carbons (Fsp3) is 0.556. The summed E-state index contributed by atoms with van der Waals surface area (Å²) in [5.41, 5.74) is 2.94. The number of aromatic amines is 1. The summed E-state index contributed by atoms with van der Waals surface area (Å²) < 4.78 is 26.9. The number of pyridine rings is 2. The van der Waals surface area contributed by atoms with E-state index in [1.807, 2.05) is 44.2 Å². The average molecular weight is 621 g/mol. The molecule has 3 fully saturated rings. The molecule has 6 rings (SSSR count). The van der Waals surface area contributed by atoms with Gasteiger partial charge in [0.25, 0.3) is 0 Å². The minimum Gasteiger partial charge on any atom is -0.494 e. The topological polar surface area (TPSA) is 91.0 Å². The molecule has 0 saturated carbocycles. The number of hydrogen-bond donors (Lipinski definition) is 1. The Labute approximate surface area is 268 Å². The van der Waals surface area contributed by atoms with E-state index in [-0.39, 0.29) is 0 Å². The van der Waals surface area contributed by atoms with Crippen molar-refractivity contribution in [3.05, 3.63) is 58.7 Å². The van der Waals surface area contributed by atoms with Gasteiger partial charge in [0.2, 0.25) is 0 Å². The minimum atomic E-state index is 0.488. The number of nitrogens with one attached hydrogen (secondary N) is 1. The first-order chi connectivity index (χ1) is 21.7. The molecule has 0 amide bonds. The fourth-order valence-corrected chi connectivity index (χ4v) is 5.43. The number of nitrogens with zero attached hydrogens (tertiary/aromatic N) is 3. The van der Waals surface area contributed by atoms with Gasteiger partial charge in [0.1, 0.15) is 22.9 Å². The van der Waals surface area contributed by atoms with Crippen LogP contribution in [-0.2, 0) is 18.9 Å². The van der Waals surface area contributed by atoms with Gasteiger partial charge < -0.3 is 33.6 Å². The third-order valence-corrected chi connectivity index (χ3v) is 8.79. The Kier molecular flexibility index (Phi) is 12.6. The molecule has 9 nitrogen and oxygen atoms in total. The number of aromatic nitrogens is 3. The van der Waals surface area contributed by atoms with Crippen molar-refractivity contribution in [2.24, 2.45) is 10.8 Å². The molecule has 9 heteroatoms. The third kappa shape index (κ3) is 9.63. The zero-order valence-corrected chi connectivity index (χ0v) is 28.1. The monoisotopic (exact) mass is 620 g/mol. The molecule has 1 N–H and O–H groups in total. The van der Waals surface area contributed by atoms with E-state index >= 15 is 0 Å². The van der Waals surface area contributed by atoms with Crippen molar-refractivity contribution in [3.63, 3.8) is 0 Å². The third-order valence-electron chi connectivity index (χ3n) is 8.79. The van der Waals surface area contributed by atoms with Crippen LogP contribution in [0.5, 0.6) is 11.5 Å². The van der Waals surface area contributed by atoms with E-state index in [4.69, 9.17) is 18.9 Å². The van der Waals surface area contributed by atoms with Gasteiger partial charge in [-0.05, 0) is 76.9 Å². The highest BCUT2D eigenvalue weighted by Crippen LogP contribution is 2.38. The summed E-state index contributed by atoms with van der Waals surface area (Å²) in [4.78, 5) is 14.7. The van der Waals surface area contributed by atoms with E-state index in [2.05, 4.69) is 45.0 Å². The maximum atomic E-state index is 6.10. The molecule has 45 heavy (non-hydrogen) atoms. The van der Waals surface area contributed by atoms with Gasteiger partial charge in [0.15, 0.2) is 0 Å². The minimum absolute atomic E-state index is 0.488. The second-order valence-electron chi connectivity index (χ2n) is 12.8. The number of hydrogen-bond acceptors (Lipinski definition) is 8. The molecule has 0 radical (unpaired) electrons. The molecule has 0 aliphatic carbocycles. The Morgan fingerprint density at radius 3 is 2.40 bits per heavy atom.